The number of rotatable bonds is 7. The summed E-state index contributed by atoms with van der Waals surface area (Å²) in [5.74, 6) is 0.226. The number of hydrogen-bond acceptors (Lipinski definition) is 7. The maximum Gasteiger partial charge on any atom is 0.387 e. The van der Waals surface area contributed by atoms with E-state index in [4.69, 9.17) is 14.3 Å². The number of nitrogens with one attached hydrogen (secondary N) is 1. The number of hydrogen-bond donors (Lipinski definition) is 1. The van der Waals surface area contributed by atoms with Gasteiger partial charge >= 0.3 is 6.61 Å². The number of nitrogens with zero attached hydrogens (tertiary/aromatic N) is 1. The van der Waals surface area contributed by atoms with Crippen LogP contribution in [-0.4, -0.2) is 45.8 Å². The number of ether oxygens (including phenoxy) is 3. The van der Waals surface area contributed by atoms with E-state index in [0.717, 1.165) is 12.7 Å². The first-order valence-electron chi connectivity index (χ1n) is 9.39. The zero-order valence-corrected chi connectivity index (χ0v) is 17.3. The Morgan fingerprint density at radius 1 is 1.16 bits per heavy atom. The molecule has 2 aliphatic heterocycles. The number of alkyl halides is 2. The van der Waals surface area contributed by atoms with Crippen molar-refractivity contribution in [2.24, 2.45) is 5.16 Å². The predicted octanol–water partition coefficient (Wildman–Crippen LogP) is 3.74. The Balaban J connectivity index is 1.57. The second-order valence-corrected chi connectivity index (χ2v) is 9.08. The van der Waals surface area contributed by atoms with Crippen LogP contribution in [0.5, 0.6) is 17.2 Å². The van der Waals surface area contributed by atoms with Crippen LogP contribution in [0.25, 0.3) is 0 Å². The molecule has 1 fully saturated rings. The van der Waals surface area contributed by atoms with Crippen LogP contribution in [-0.2, 0) is 19.6 Å². The average molecular weight is 454 g/mol. The van der Waals surface area contributed by atoms with Crippen LogP contribution >= 0.6 is 0 Å². The molecule has 0 aliphatic carbocycles. The molecule has 1 spiro atoms. The fourth-order valence-electron chi connectivity index (χ4n) is 3.37. The van der Waals surface area contributed by atoms with Gasteiger partial charge in [-0.05, 0) is 42.5 Å². The van der Waals surface area contributed by atoms with Crippen LogP contribution in [0.3, 0.4) is 0 Å². The third kappa shape index (κ3) is 5.23. The molecule has 1 atom stereocenters. The van der Waals surface area contributed by atoms with E-state index in [1.54, 1.807) is 12.1 Å². The molecule has 0 amide bonds. The highest BCUT2D eigenvalue weighted by atomic mass is 32.2. The van der Waals surface area contributed by atoms with Crippen LogP contribution in [0.15, 0.2) is 47.6 Å². The molecule has 11 heteroatoms. The number of halogens is 2. The summed E-state index contributed by atoms with van der Waals surface area (Å²) in [4.78, 5) is 5.59. The van der Waals surface area contributed by atoms with Crippen molar-refractivity contribution in [3.63, 3.8) is 0 Å². The van der Waals surface area contributed by atoms with E-state index in [0.29, 0.717) is 42.3 Å². The normalized spacial score (nSPS) is 20.6. The van der Waals surface area contributed by atoms with Crippen molar-refractivity contribution < 1.29 is 36.2 Å². The highest BCUT2D eigenvalue weighted by Crippen LogP contribution is 2.38. The SMILES string of the molecule is CS(=O)(=O)Nc1ccc(Oc2cc(C3=NOC4(CCOC4)C3)ccc2OC(F)F)cc1. The van der Waals surface area contributed by atoms with Crippen molar-refractivity contribution >= 4 is 21.4 Å². The van der Waals surface area contributed by atoms with Gasteiger partial charge < -0.3 is 19.0 Å². The predicted molar refractivity (Wildman–Crippen MR) is 108 cm³/mol. The van der Waals surface area contributed by atoms with Crippen LogP contribution in [0.1, 0.15) is 18.4 Å². The standard InChI is InChI=1S/C20H20F2N2O6S/c1-31(25,26)24-14-3-5-15(6-4-14)28-18-10-13(2-7-17(18)29-19(21)22)16-11-20(30-23-16)8-9-27-12-20/h2-7,10,19,24H,8-9,11-12H2,1H3. The molecular formula is C20H20F2N2O6S. The summed E-state index contributed by atoms with van der Waals surface area (Å²) in [6, 6.07) is 10.5. The first-order valence-corrected chi connectivity index (χ1v) is 11.3. The van der Waals surface area contributed by atoms with E-state index >= 15 is 0 Å². The Morgan fingerprint density at radius 3 is 2.58 bits per heavy atom. The zero-order chi connectivity index (χ0) is 22.1. The van der Waals surface area contributed by atoms with Crippen LogP contribution in [0.2, 0.25) is 0 Å². The lowest BCUT2D eigenvalue weighted by Gasteiger charge is -2.17. The molecule has 1 N–H and O–H groups in total. The van der Waals surface area contributed by atoms with Crippen molar-refractivity contribution in [3.8, 4) is 17.2 Å². The molecule has 166 valence electrons. The van der Waals surface area contributed by atoms with Crippen LogP contribution < -0.4 is 14.2 Å². The van der Waals surface area contributed by atoms with Gasteiger partial charge in [-0.1, -0.05) is 5.16 Å². The maximum atomic E-state index is 12.9. The Morgan fingerprint density at radius 2 is 1.94 bits per heavy atom. The van der Waals surface area contributed by atoms with Gasteiger partial charge in [0.15, 0.2) is 17.1 Å². The summed E-state index contributed by atoms with van der Waals surface area (Å²) < 4.78 is 66.4. The van der Waals surface area contributed by atoms with E-state index in [2.05, 4.69) is 14.6 Å². The van der Waals surface area contributed by atoms with E-state index in [1.165, 1.54) is 30.3 Å². The largest absolute Gasteiger partial charge is 0.453 e. The third-order valence-electron chi connectivity index (χ3n) is 4.78. The van der Waals surface area contributed by atoms with Gasteiger partial charge in [-0.3, -0.25) is 4.72 Å². The molecule has 4 rings (SSSR count). The minimum atomic E-state index is -3.42. The molecule has 2 heterocycles. The first kappa shape index (κ1) is 21.3. The smallest absolute Gasteiger partial charge is 0.387 e. The second-order valence-electron chi connectivity index (χ2n) is 7.33. The fourth-order valence-corrected chi connectivity index (χ4v) is 3.93. The lowest BCUT2D eigenvalue weighted by Crippen LogP contribution is -2.29. The molecule has 31 heavy (non-hydrogen) atoms. The van der Waals surface area contributed by atoms with Gasteiger partial charge in [-0.25, -0.2) is 8.42 Å². The van der Waals surface area contributed by atoms with Gasteiger partial charge in [0.2, 0.25) is 10.0 Å². The quantitative estimate of drug-likeness (QED) is 0.685. The summed E-state index contributed by atoms with van der Waals surface area (Å²) >= 11 is 0. The van der Waals surface area contributed by atoms with E-state index < -0.39 is 22.2 Å². The maximum absolute atomic E-state index is 12.9. The summed E-state index contributed by atoms with van der Waals surface area (Å²) in [5, 5.41) is 4.15. The molecule has 8 nitrogen and oxygen atoms in total. The number of benzene rings is 2. The number of sulfonamides is 1. The number of oxime groups is 1. The highest BCUT2D eigenvalue weighted by Gasteiger charge is 2.43. The van der Waals surface area contributed by atoms with Gasteiger partial charge in [0.05, 0.1) is 25.2 Å². The van der Waals surface area contributed by atoms with Crippen molar-refractivity contribution in [2.75, 3.05) is 24.2 Å². The van der Waals surface area contributed by atoms with E-state index in [9.17, 15) is 17.2 Å². The summed E-state index contributed by atoms with van der Waals surface area (Å²) in [7, 11) is -3.42. The molecular weight excluding hydrogens is 434 g/mol. The van der Waals surface area contributed by atoms with E-state index in [-0.39, 0.29) is 11.5 Å². The molecule has 1 unspecified atom stereocenters. The third-order valence-corrected chi connectivity index (χ3v) is 5.39. The monoisotopic (exact) mass is 454 g/mol. The molecule has 2 aliphatic rings. The van der Waals surface area contributed by atoms with Gasteiger partial charge in [0, 0.05) is 24.1 Å². The lowest BCUT2D eigenvalue weighted by atomic mass is 9.93. The molecule has 2 aromatic carbocycles. The Kier molecular flexibility index (Phi) is 5.71. The molecule has 1 saturated heterocycles. The van der Waals surface area contributed by atoms with E-state index in [1.807, 2.05) is 0 Å². The summed E-state index contributed by atoms with van der Waals surface area (Å²) in [6.07, 6.45) is 2.30. The minimum absolute atomic E-state index is 0.0629. The Hall–Kier alpha value is -2.92. The Bertz CT molecular complexity index is 1080. The summed E-state index contributed by atoms with van der Waals surface area (Å²) in [6.45, 7) is -1.98. The van der Waals surface area contributed by atoms with Crippen molar-refractivity contribution in [2.45, 2.75) is 25.1 Å². The number of anilines is 1. The minimum Gasteiger partial charge on any atom is -0.453 e. The topological polar surface area (TPSA) is 95.5 Å². The molecule has 0 aromatic heterocycles. The highest BCUT2D eigenvalue weighted by molar-refractivity contribution is 7.92. The van der Waals surface area contributed by atoms with Gasteiger partial charge in [0.1, 0.15) is 5.75 Å². The summed E-state index contributed by atoms with van der Waals surface area (Å²) in [5.41, 5.74) is 1.17. The molecule has 0 saturated carbocycles. The van der Waals surface area contributed by atoms with Crippen LogP contribution in [0.4, 0.5) is 14.5 Å². The van der Waals surface area contributed by atoms with Gasteiger partial charge in [0.25, 0.3) is 0 Å². The molecule has 2 aromatic rings. The zero-order valence-electron chi connectivity index (χ0n) is 16.5. The lowest BCUT2D eigenvalue weighted by molar-refractivity contribution is -0.0510. The molecule has 0 bridgehead atoms. The first-order chi connectivity index (χ1) is 14.7. The van der Waals surface area contributed by atoms with Crippen molar-refractivity contribution in [1.82, 2.24) is 0 Å². The van der Waals surface area contributed by atoms with Crippen molar-refractivity contribution in [3.05, 3.63) is 48.0 Å². The average Bonchev–Trinajstić information content (AvgIpc) is 3.33. The van der Waals surface area contributed by atoms with Crippen molar-refractivity contribution in [1.29, 1.82) is 0 Å². The fraction of sp³-hybridized carbons (Fsp3) is 0.350. The second kappa shape index (κ2) is 8.31. The van der Waals surface area contributed by atoms with Gasteiger partial charge in [-0.2, -0.15) is 8.78 Å². The molecule has 0 radical (unpaired) electrons. The van der Waals surface area contributed by atoms with Gasteiger partial charge in [-0.15, -0.1) is 0 Å². The Labute approximate surface area is 177 Å². The van der Waals surface area contributed by atoms with Crippen LogP contribution in [0, 0.1) is 0 Å².